The molecule has 0 aliphatic carbocycles. The number of amides is 1. The molecule has 0 fully saturated rings. The molecule has 1 amide bonds. The molecule has 0 atom stereocenters. The van der Waals surface area contributed by atoms with Crippen LogP contribution in [0.3, 0.4) is 0 Å². The fraction of sp³-hybridized carbons (Fsp3) is 0.333. The van der Waals surface area contributed by atoms with Gasteiger partial charge in [-0.3, -0.25) is 4.79 Å². The van der Waals surface area contributed by atoms with Crippen LogP contribution in [0.5, 0.6) is 0 Å². The Hall–Kier alpha value is 0.0439. The third kappa shape index (κ3) is 9.40. The van der Waals surface area contributed by atoms with E-state index < -0.39 is 5.97 Å². The first-order valence-corrected chi connectivity index (χ1v) is 1.59. The van der Waals surface area contributed by atoms with Crippen molar-refractivity contribution >= 4 is 12.4 Å². The summed E-state index contributed by atoms with van der Waals surface area (Å²) >= 11 is 0. The second-order valence-electron chi connectivity index (χ2n) is 0.849. The Labute approximate surface area is 71.5 Å². The predicted octanol–water partition coefficient (Wildman–Crippen LogP) is -1.27. The Balaban J connectivity index is 0. The molecule has 0 unspecified atom stereocenters. The van der Waals surface area contributed by atoms with Crippen LogP contribution < -0.4 is 5.32 Å². The van der Waals surface area contributed by atoms with E-state index >= 15 is 0 Å². The van der Waals surface area contributed by atoms with E-state index in [0.717, 1.165) is 0 Å². The van der Waals surface area contributed by atoms with Gasteiger partial charge in [0.1, 0.15) is 0 Å². The Morgan fingerprint density at radius 3 is 2.38 bits per heavy atom. The molecular weight excluding hydrogens is 187 g/mol. The van der Waals surface area contributed by atoms with Crippen LogP contribution in [0.15, 0.2) is 0 Å². The van der Waals surface area contributed by atoms with Gasteiger partial charge in [-0.05, 0) is 0 Å². The molecule has 2 N–H and O–H groups in total. The van der Waals surface area contributed by atoms with Gasteiger partial charge in [0.05, 0.1) is 6.54 Å². The molecule has 5 heteroatoms. The van der Waals surface area contributed by atoms with Crippen molar-refractivity contribution in [1.29, 1.82) is 0 Å². The van der Waals surface area contributed by atoms with E-state index in [9.17, 15) is 9.59 Å². The third-order valence-electron chi connectivity index (χ3n) is 0.312. The van der Waals surface area contributed by atoms with Crippen LogP contribution in [-0.4, -0.2) is 24.0 Å². The van der Waals surface area contributed by atoms with Crippen molar-refractivity contribution in [2.45, 2.75) is 0 Å². The van der Waals surface area contributed by atoms with E-state index in [4.69, 9.17) is 5.11 Å². The fourth-order valence-corrected chi connectivity index (χ4v) is 0.112. The second kappa shape index (κ2) is 7.04. The summed E-state index contributed by atoms with van der Waals surface area (Å²) in [5.74, 6) is -1.07. The zero-order valence-electron chi connectivity index (χ0n) is 4.05. The topological polar surface area (TPSA) is 66.4 Å². The first-order valence-electron chi connectivity index (χ1n) is 1.59. The molecule has 4 nitrogen and oxygen atoms in total. The van der Waals surface area contributed by atoms with E-state index in [1.807, 2.05) is 5.32 Å². The first kappa shape index (κ1) is 10.9. The maximum atomic E-state index is 9.52. The maximum absolute atomic E-state index is 9.52. The van der Waals surface area contributed by atoms with Crippen molar-refractivity contribution < 1.29 is 47.4 Å². The summed E-state index contributed by atoms with van der Waals surface area (Å²) in [5, 5.41) is 9.65. The van der Waals surface area contributed by atoms with E-state index in [0.29, 0.717) is 0 Å². The van der Waals surface area contributed by atoms with Crippen LogP contribution >= 0.6 is 0 Å². The molecule has 0 heterocycles. The molecule has 0 aromatic carbocycles. The summed E-state index contributed by atoms with van der Waals surface area (Å²) in [6.45, 7) is -0.358. The van der Waals surface area contributed by atoms with Gasteiger partial charge < -0.3 is 15.2 Å². The molecule has 0 aromatic rings. The van der Waals surface area contributed by atoms with Crippen molar-refractivity contribution in [3.8, 4) is 0 Å². The molecule has 1 radical (unpaired) electrons. The zero-order valence-corrected chi connectivity index (χ0v) is 6.89. The molecule has 0 saturated carbocycles. The van der Waals surface area contributed by atoms with E-state index in [1.165, 1.54) is 6.41 Å². The van der Waals surface area contributed by atoms with Crippen LogP contribution in [0.25, 0.3) is 0 Å². The predicted molar refractivity (Wildman–Crippen MR) is 21.3 cm³/mol. The average molecular weight is 191 g/mol. The molecule has 0 aromatic heterocycles. The van der Waals surface area contributed by atoms with E-state index in [1.54, 1.807) is 0 Å². The van der Waals surface area contributed by atoms with Crippen molar-refractivity contribution in [2.75, 3.05) is 6.54 Å². The van der Waals surface area contributed by atoms with Gasteiger partial charge >= 0.3 is 5.97 Å². The maximum Gasteiger partial charge on any atom is 0.320 e. The van der Waals surface area contributed by atoms with Crippen molar-refractivity contribution in [2.24, 2.45) is 0 Å². The van der Waals surface area contributed by atoms with Crippen molar-refractivity contribution in [1.82, 2.24) is 5.32 Å². The summed E-state index contributed by atoms with van der Waals surface area (Å²) in [5.41, 5.74) is 0. The summed E-state index contributed by atoms with van der Waals surface area (Å²) in [6, 6.07) is 0. The largest absolute Gasteiger partial charge is 0.521 e. The number of aliphatic carboxylic acids is 1. The number of hydrogen-bond acceptors (Lipinski definition) is 2. The minimum atomic E-state index is -1.07. The number of hydrogen-bond donors (Lipinski definition) is 2. The second-order valence-corrected chi connectivity index (χ2v) is 0.849. The molecule has 0 aliphatic heterocycles. The summed E-state index contributed by atoms with van der Waals surface area (Å²) < 4.78 is 0. The van der Waals surface area contributed by atoms with Crippen molar-refractivity contribution in [3.05, 3.63) is 0 Å². The van der Waals surface area contributed by atoms with Gasteiger partial charge in [-0.15, -0.1) is 0 Å². The molecule has 8 heavy (non-hydrogen) atoms. The van der Waals surface area contributed by atoms with Crippen molar-refractivity contribution in [3.63, 3.8) is 0 Å². The number of carbonyl (C=O) groups excluding carboxylic acids is 1. The van der Waals surface area contributed by atoms with E-state index in [2.05, 4.69) is 0 Å². The third-order valence-corrected chi connectivity index (χ3v) is 0.312. The average Bonchev–Trinajstić information content (AvgIpc) is 1.61. The Kier molecular flexibility index (Phi) is 9.62. The summed E-state index contributed by atoms with van der Waals surface area (Å²) in [6.07, 6.45) is 1.22. The Morgan fingerprint density at radius 2 is 2.25 bits per heavy atom. The summed E-state index contributed by atoms with van der Waals surface area (Å²) in [7, 11) is 0. The first-order chi connectivity index (χ1) is 3.27. The quantitative estimate of drug-likeness (QED) is 0.431. The van der Waals surface area contributed by atoms with E-state index in [-0.39, 0.29) is 39.3 Å². The molecule has 0 saturated heterocycles. The van der Waals surface area contributed by atoms with Crippen LogP contribution in [0.1, 0.15) is 0 Å². The number of carbonyl (C=O) groups is 1. The zero-order chi connectivity index (χ0) is 5.70. The van der Waals surface area contributed by atoms with Gasteiger partial charge in [-0.1, -0.05) is 0 Å². The number of carboxylic acid groups (broad SMARTS) is 1. The smallest absolute Gasteiger partial charge is 0.320 e. The molecule has 0 bridgehead atoms. The molecule has 0 spiro atoms. The molecule has 43 valence electrons. The molecule has 0 aliphatic rings. The molecule has 0 rings (SSSR count). The van der Waals surface area contributed by atoms with Crippen LogP contribution in [-0.2, 0) is 42.3 Å². The van der Waals surface area contributed by atoms with Crippen LogP contribution in [0.2, 0.25) is 0 Å². The molecular formula is C3H4NO3Y-. The normalized spacial score (nSPS) is 6.50. The van der Waals surface area contributed by atoms with Gasteiger partial charge in [0.15, 0.2) is 0 Å². The van der Waals surface area contributed by atoms with Gasteiger partial charge in [-0.25, -0.2) is 0 Å². The van der Waals surface area contributed by atoms with Gasteiger partial charge in [0, 0.05) is 32.7 Å². The fourth-order valence-electron chi connectivity index (χ4n) is 0.112. The Morgan fingerprint density at radius 1 is 1.75 bits per heavy atom. The number of rotatable bonds is 3. The summed E-state index contributed by atoms with van der Waals surface area (Å²) in [4.78, 5) is 18.7. The van der Waals surface area contributed by atoms with Gasteiger partial charge in [-0.2, -0.15) is 6.41 Å². The SMILES string of the molecule is O=[C-]NCC(=O)O.[Y]. The Bertz CT molecular complexity index is 84.6. The van der Waals surface area contributed by atoms with Gasteiger partial charge in [0.2, 0.25) is 0 Å². The minimum Gasteiger partial charge on any atom is -0.521 e. The van der Waals surface area contributed by atoms with Gasteiger partial charge in [0.25, 0.3) is 0 Å². The monoisotopic (exact) mass is 191 g/mol. The van der Waals surface area contributed by atoms with Crippen LogP contribution in [0, 0.1) is 0 Å². The van der Waals surface area contributed by atoms with Crippen LogP contribution in [0.4, 0.5) is 0 Å². The number of nitrogens with one attached hydrogen (secondary N) is 1. The number of carboxylic acids is 1. The standard InChI is InChI=1S/C3H4NO3.Y/c5-2-4-1-3(6)7;/h1H2,(H,4,5)(H,6,7);/q-1;. The minimum absolute atomic E-state index is 0.